The molecule has 0 bridgehead atoms. The summed E-state index contributed by atoms with van der Waals surface area (Å²) in [7, 11) is 0. The monoisotopic (exact) mass is 434 g/mol. The molecule has 0 aromatic heterocycles. The normalized spacial score (nSPS) is 38.0. The van der Waals surface area contributed by atoms with Crippen molar-refractivity contribution in [3.63, 3.8) is 0 Å². The molecule has 9 atom stereocenters. The van der Waals surface area contributed by atoms with Crippen molar-refractivity contribution in [3.05, 3.63) is 0 Å². The molecule has 0 spiro atoms. The minimum Gasteiger partial charge on any atom is -0.391 e. The van der Waals surface area contributed by atoms with Crippen molar-refractivity contribution in [1.82, 2.24) is 10.2 Å². The zero-order valence-electron chi connectivity index (χ0n) is 17.9. The number of carbonyl (C=O) groups excluding carboxylic acids is 1. The van der Waals surface area contributed by atoms with E-state index in [4.69, 9.17) is 4.74 Å². The van der Waals surface area contributed by atoms with Crippen molar-refractivity contribution < 1.29 is 30.0 Å². The number of nitrogens with one attached hydrogen (secondary N) is 1. The summed E-state index contributed by atoms with van der Waals surface area (Å²) < 4.78 is 5.84. The summed E-state index contributed by atoms with van der Waals surface area (Å²) in [6, 6.07) is -1.18. The molecular formula is C20H38N2O6S. The van der Waals surface area contributed by atoms with Gasteiger partial charge in [-0.15, -0.1) is 11.8 Å². The lowest BCUT2D eigenvalue weighted by Crippen LogP contribution is -2.65. The van der Waals surface area contributed by atoms with E-state index in [-0.39, 0.29) is 11.9 Å². The molecule has 2 heterocycles. The Morgan fingerprint density at radius 2 is 1.90 bits per heavy atom. The first-order valence-electron chi connectivity index (χ1n) is 10.8. The third kappa shape index (κ3) is 5.84. The van der Waals surface area contributed by atoms with Gasteiger partial charge in [0.05, 0.1) is 18.2 Å². The SMILES string of the molecule is CCC[C@@H]1C[C@@H](C(=O)N[C@@H]([C@H]2O[C@H](SCC)[C@H](O)[C@@H](O)[C@H]2O)[C@H](C)O)N(CC)C1. The number of amides is 1. The van der Waals surface area contributed by atoms with Gasteiger partial charge in [-0.2, -0.15) is 0 Å². The molecule has 170 valence electrons. The van der Waals surface area contributed by atoms with Crippen molar-refractivity contribution in [2.24, 2.45) is 5.92 Å². The lowest BCUT2D eigenvalue weighted by atomic mass is 9.92. The molecule has 8 nitrogen and oxygen atoms in total. The number of nitrogens with zero attached hydrogens (tertiary/aromatic N) is 1. The predicted molar refractivity (Wildman–Crippen MR) is 112 cm³/mol. The van der Waals surface area contributed by atoms with Gasteiger partial charge in [0.15, 0.2) is 0 Å². The van der Waals surface area contributed by atoms with Crippen LogP contribution in [0.5, 0.6) is 0 Å². The molecule has 2 saturated heterocycles. The summed E-state index contributed by atoms with van der Waals surface area (Å²) >= 11 is 1.31. The number of hydrogen-bond donors (Lipinski definition) is 5. The number of carbonyl (C=O) groups is 1. The summed E-state index contributed by atoms with van der Waals surface area (Å²) in [6.45, 7) is 9.23. The summed E-state index contributed by atoms with van der Waals surface area (Å²) in [5.41, 5.74) is -0.742. The Bertz CT molecular complexity index is 525. The Labute approximate surface area is 178 Å². The Kier molecular flexibility index (Phi) is 9.66. The summed E-state index contributed by atoms with van der Waals surface area (Å²) in [6.07, 6.45) is -3.18. The second-order valence-electron chi connectivity index (χ2n) is 8.16. The van der Waals surface area contributed by atoms with Crippen LogP contribution in [0.4, 0.5) is 0 Å². The van der Waals surface area contributed by atoms with Crippen LogP contribution >= 0.6 is 11.8 Å². The van der Waals surface area contributed by atoms with Gasteiger partial charge in [0.2, 0.25) is 5.91 Å². The fourth-order valence-electron chi connectivity index (χ4n) is 4.45. The van der Waals surface area contributed by atoms with Gasteiger partial charge >= 0.3 is 0 Å². The molecule has 0 aromatic carbocycles. The highest BCUT2D eigenvalue weighted by Crippen LogP contribution is 2.31. The third-order valence-electron chi connectivity index (χ3n) is 6.02. The first-order chi connectivity index (χ1) is 13.7. The van der Waals surface area contributed by atoms with E-state index in [1.165, 1.54) is 18.7 Å². The van der Waals surface area contributed by atoms with Crippen LogP contribution in [-0.4, -0.2) is 98.1 Å². The second kappa shape index (κ2) is 11.3. The number of rotatable bonds is 9. The molecule has 0 radical (unpaired) electrons. The van der Waals surface area contributed by atoms with E-state index in [2.05, 4.69) is 17.1 Å². The number of aliphatic hydroxyl groups is 4. The number of thioether (sulfide) groups is 1. The number of aliphatic hydroxyl groups excluding tert-OH is 4. The molecule has 2 aliphatic rings. The van der Waals surface area contributed by atoms with Crippen LogP contribution in [0.15, 0.2) is 0 Å². The van der Waals surface area contributed by atoms with Gasteiger partial charge in [-0.1, -0.05) is 27.2 Å². The van der Waals surface area contributed by atoms with E-state index in [0.29, 0.717) is 11.7 Å². The molecule has 5 N–H and O–H groups in total. The average Bonchev–Trinajstić information content (AvgIpc) is 3.10. The highest BCUT2D eigenvalue weighted by molar-refractivity contribution is 7.99. The highest BCUT2D eigenvalue weighted by Gasteiger charge is 2.48. The standard InChI is InChI=1S/C20H38N2O6S/c1-5-8-12-9-13(22(6-2)10-12)19(27)21-14(11(4)23)18-16(25)15(24)17(26)20(28-18)29-7-3/h11-18,20,23-26H,5-10H2,1-4H3,(H,21,27)/t11-,12+,13-,14+,15-,16+,17+,18+,20+/m0/s1. The van der Waals surface area contributed by atoms with Gasteiger partial charge in [0, 0.05) is 6.54 Å². The van der Waals surface area contributed by atoms with Gasteiger partial charge in [-0.3, -0.25) is 9.69 Å². The smallest absolute Gasteiger partial charge is 0.237 e. The Morgan fingerprint density at radius 3 is 2.45 bits per heavy atom. The molecule has 0 unspecified atom stereocenters. The first kappa shape index (κ1) is 24.8. The van der Waals surface area contributed by atoms with Gasteiger partial charge in [0.25, 0.3) is 0 Å². The molecule has 0 saturated carbocycles. The largest absolute Gasteiger partial charge is 0.391 e. The topological polar surface area (TPSA) is 122 Å². The summed E-state index contributed by atoms with van der Waals surface area (Å²) in [4.78, 5) is 15.2. The van der Waals surface area contributed by atoms with Crippen LogP contribution in [0.25, 0.3) is 0 Å². The highest BCUT2D eigenvalue weighted by atomic mass is 32.2. The fraction of sp³-hybridized carbons (Fsp3) is 0.950. The van der Waals surface area contributed by atoms with Crippen molar-refractivity contribution in [2.45, 2.75) is 95.0 Å². The number of hydrogen-bond acceptors (Lipinski definition) is 8. The number of likely N-dealkylation sites (tertiary alicyclic amines) is 1. The van der Waals surface area contributed by atoms with Crippen LogP contribution in [0.1, 0.15) is 47.0 Å². The maximum atomic E-state index is 13.1. The van der Waals surface area contributed by atoms with Crippen LogP contribution in [0.2, 0.25) is 0 Å². The van der Waals surface area contributed by atoms with E-state index >= 15 is 0 Å². The van der Waals surface area contributed by atoms with Gasteiger partial charge < -0.3 is 30.5 Å². The minimum absolute atomic E-state index is 0.201. The molecule has 0 aliphatic carbocycles. The molecular weight excluding hydrogens is 396 g/mol. The summed E-state index contributed by atoms with van der Waals surface area (Å²) in [5, 5.41) is 44.1. The third-order valence-corrected chi connectivity index (χ3v) is 7.07. The van der Waals surface area contributed by atoms with Gasteiger partial charge in [0.1, 0.15) is 29.9 Å². The van der Waals surface area contributed by atoms with Crippen molar-refractivity contribution in [2.75, 3.05) is 18.8 Å². The van der Waals surface area contributed by atoms with E-state index in [9.17, 15) is 25.2 Å². The summed E-state index contributed by atoms with van der Waals surface area (Å²) in [5.74, 6) is 0.918. The lowest BCUT2D eigenvalue weighted by molar-refractivity contribution is -0.211. The van der Waals surface area contributed by atoms with Crippen molar-refractivity contribution in [1.29, 1.82) is 0 Å². The average molecular weight is 435 g/mol. The van der Waals surface area contributed by atoms with Crippen molar-refractivity contribution in [3.8, 4) is 0 Å². The molecule has 29 heavy (non-hydrogen) atoms. The first-order valence-corrected chi connectivity index (χ1v) is 11.8. The molecule has 0 aromatic rings. The Morgan fingerprint density at radius 1 is 1.21 bits per heavy atom. The zero-order valence-corrected chi connectivity index (χ0v) is 18.7. The Balaban J connectivity index is 2.13. The quantitative estimate of drug-likeness (QED) is 0.342. The molecule has 2 aliphatic heterocycles. The predicted octanol–water partition coefficient (Wildman–Crippen LogP) is -0.0768. The van der Waals surface area contributed by atoms with E-state index in [1.807, 2.05) is 13.8 Å². The van der Waals surface area contributed by atoms with E-state index in [1.54, 1.807) is 0 Å². The molecule has 2 rings (SSSR count). The number of ether oxygens (including phenoxy) is 1. The Hall–Kier alpha value is -0.420. The van der Waals surface area contributed by atoms with Gasteiger partial charge in [-0.05, 0) is 38.0 Å². The van der Waals surface area contributed by atoms with Crippen LogP contribution in [0, 0.1) is 5.92 Å². The van der Waals surface area contributed by atoms with E-state index in [0.717, 1.165) is 32.4 Å². The van der Waals surface area contributed by atoms with Gasteiger partial charge in [-0.25, -0.2) is 0 Å². The maximum Gasteiger partial charge on any atom is 0.237 e. The second-order valence-corrected chi connectivity index (χ2v) is 9.54. The molecule has 1 amide bonds. The maximum absolute atomic E-state index is 13.1. The molecule has 9 heteroatoms. The number of likely N-dealkylation sites (N-methyl/N-ethyl adjacent to an activating group) is 1. The van der Waals surface area contributed by atoms with Crippen LogP contribution in [0.3, 0.4) is 0 Å². The zero-order chi connectivity index (χ0) is 21.7. The molecule has 2 fully saturated rings. The van der Waals surface area contributed by atoms with E-state index < -0.39 is 42.0 Å². The van der Waals surface area contributed by atoms with Crippen molar-refractivity contribution >= 4 is 17.7 Å². The fourth-order valence-corrected chi connectivity index (χ4v) is 5.34. The van der Waals surface area contributed by atoms with Crippen LogP contribution < -0.4 is 5.32 Å². The minimum atomic E-state index is -1.42. The van der Waals surface area contributed by atoms with Crippen LogP contribution in [-0.2, 0) is 9.53 Å². The lowest BCUT2D eigenvalue weighted by Gasteiger charge is -2.44.